The van der Waals surface area contributed by atoms with Crippen LogP contribution in [-0.2, 0) is 33.0 Å². The number of nitrogens with one attached hydrogen (secondary N) is 6. The van der Waals surface area contributed by atoms with Gasteiger partial charge in [0.1, 0.15) is 22.8 Å². The lowest BCUT2D eigenvalue weighted by molar-refractivity contribution is -0.112. The molecule has 0 atom stereocenters. The summed E-state index contributed by atoms with van der Waals surface area (Å²) < 4.78 is 6.05. The molecule has 0 aliphatic carbocycles. The average Bonchev–Trinajstić information content (AvgIpc) is 3.73. The van der Waals surface area contributed by atoms with Gasteiger partial charge in [-0.3, -0.25) is 34.1 Å². The first-order valence-corrected chi connectivity index (χ1v) is 14.7. The highest BCUT2D eigenvalue weighted by Gasteiger charge is 2.20. The van der Waals surface area contributed by atoms with Gasteiger partial charge in [0.15, 0.2) is 5.82 Å². The zero-order chi connectivity index (χ0) is 34.6. The Morgan fingerprint density at radius 2 is 1.19 bits per heavy atom. The van der Waals surface area contributed by atoms with E-state index in [9.17, 15) is 24.0 Å². The largest absolute Gasteiger partial charge is 0.388 e. The van der Waals surface area contributed by atoms with Crippen LogP contribution >= 0.6 is 15.9 Å². The molecule has 17 nitrogen and oxygen atoms in total. The number of halogens is 1. The minimum absolute atomic E-state index is 0.0518. The molecule has 5 amide bonds. The summed E-state index contributed by atoms with van der Waals surface area (Å²) in [5, 5.41) is 24.8. The van der Waals surface area contributed by atoms with Crippen LogP contribution in [0.25, 0.3) is 0 Å². The van der Waals surface area contributed by atoms with Crippen LogP contribution in [0, 0.1) is 5.41 Å². The van der Waals surface area contributed by atoms with Gasteiger partial charge in [0, 0.05) is 65.8 Å². The second-order valence-electron chi connectivity index (χ2n) is 10.5. The molecule has 0 bridgehead atoms. The fourth-order valence-corrected chi connectivity index (χ4v) is 4.59. The first kappa shape index (κ1) is 34.0. The van der Waals surface area contributed by atoms with Gasteiger partial charge in [0.25, 0.3) is 29.5 Å². The minimum atomic E-state index is -0.529. The smallest absolute Gasteiger partial charge is 0.273 e. The van der Waals surface area contributed by atoms with Gasteiger partial charge < -0.3 is 46.0 Å². The summed E-state index contributed by atoms with van der Waals surface area (Å²) in [6.07, 6.45) is 4.91. The lowest BCUT2D eigenvalue weighted by Crippen LogP contribution is -2.29. The van der Waals surface area contributed by atoms with E-state index in [1.165, 1.54) is 38.1 Å². The maximum absolute atomic E-state index is 13.1. The summed E-state index contributed by atoms with van der Waals surface area (Å²) in [6.45, 7) is 3.70. The molecule has 0 aromatic carbocycles. The van der Waals surface area contributed by atoms with Gasteiger partial charge in [-0.15, -0.1) is 0 Å². The van der Waals surface area contributed by atoms with Crippen molar-refractivity contribution < 1.29 is 24.0 Å². The van der Waals surface area contributed by atoms with Crippen molar-refractivity contribution in [2.45, 2.75) is 6.42 Å². The molecule has 0 saturated heterocycles. The van der Waals surface area contributed by atoms with E-state index >= 15 is 0 Å². The van der Waals surface area contributed by atoms with Crippen molar-refractivity contribution in [2.24, 2.45) is 33.9 Å². The molecule has 0 unspecified atom stereocenters. The summed E-state index contributed by atoms with van der Waals surface area (Å²) in [6, 6.07) is 5.90. The van der Waals surface area contributed by atoms with Gasteiger partial charge in [-0.2, -0.15) is 5.10 Å². The highest BCUT2D eigenvalue weighted by molar-refractivity contribution is 9.12. The number of anilines is 4. The van der Waals surface area contributed by atoms with Crippen molar-refractivity contribution in [3.63, 3.8) is 0 Å². The molecule has 47 heavy (non-hydrogen) atoms. The summed E-state index contributed by atoms with van der Waals surface area (Å²) in [5.41, 5.74) is 7.31. The monoisotopic (exact) mass is 708 g/mol. The Morgan fingerprint density at radius 1 is 0.745 bits per heavy atom. The first-order valence-electron chi connectivity index (χ1n) is 13.9. The van der Waals surface area contributed by atoms with Gasteiger partial charge in [-0.1, -0.05) is 6.58 Å². The number of amidine groups is 1. The summed E-state index contributed by atoms with van der Waals surface area (Å²) >= 11 is 3.01. The number of carbonyl (C=O) groups is 5. The minimum Gasteiger partial charge on any atom is -0.388 e. The molecule has 4 aromatic heterocycles. The van der Waals surface area contributed by atoms with Crippen LogP contribution in [0.4, 0.5) is 22.9 Å². The molecule has 4 rings (SSSR count). The highest BCUT2D eigenvalue weighted by atomic mass is 79.9. The third-order valence-corrected chi connectivity index (χ3v) is 7.13. The molecule has 4 aromatic rings. The van der Waals surface area contributed by atoms with E-state index in [2.05, 4.69) is 54.2 Å². The number of aryl methyl sites for hydroxylation is 4. The maximum Gasteiger partial charge on any atom is 0.273 e. The summed E-state index contributed by atoms with van der Waals surface area (Å²) in [7, 11) is 6.47. The molecule has 0 radical (unpaired) electrons. The Morgan fingerprint density at radius 3 is 1.64 bits per heavy atom. The molecule has 4 heterocycles. The quantitative estimate of drug-likeness (QED) is 0.0658. The normalized spacial score (nSPS) is 10.7. The number of hydrogen-bond acceptors (Lipinski definition) is 7. The van der Waals surface area contributed by atoms with Crippen molar-refractivity contribution in [1.82, 2.24) is 28.8 Å². The van der Waals surface area contributed by atoms with Crippen molar-refractivity contribution in [1.29, 1.82) is 5.41 Å². The average molecular weight is 710 g/mol. The molecule has 8 N–H and O–H groups in total. The molecular weight excluding hydrogens is 676 g/mol. The highest BCUT2D eigenvalue weighted by Crippen LogP contribution is 2.21. The molecule has 0 aliphatic rings. The Kier molecular flexibility index (Phi) is 10.1. The van der Waals surface area contributed by atoms with Gasteiger partial charge in [-0.25, -0.2) is 0 Å². The number of hydrogen-bond donors (Lipinski definition) is 7. The third kappa shape index (κ3) is 8.23. The third-order valence-electron chi connectivity index (χ3n) is 6.77. The summed E-state index contributed by atoms with van der Waals surface area (Å²) in [5.74, 6) is -2.28. The number of aromatic nitrogens is 5. The Bertz CT molecular complexity index is 1930. The predicted octanol–water partition coefficient (Wildman–Crippen LogP) is 2.10. The molecule has 0 aliphatic heterocycles. The zero-order valence-corrected chi connectivity index (χ0v) is 27.5. The number of nitrogens with zero attached hydrogens (tertiary/aromatic N) is 5. The van der Waals surface area contributed by atoms with Crippen LogP contribution in [0.3, 0.4) is 0 Å². The molecule has 0 saturated carbocycles. The number of amides is 5. The van der Waals surface area contributed by atoms with Gasteiger partial charge in [0.2, 0.25) is 0 Å². The van der Waals surface area contributed by atoms with E-state index in [0.717, 1.165) is 0 Å². The van der Waals surface area contributed by atoms with Crippen LogP contribution in [0.1, 0.15) is 48.4 Å². The Balaban J connectivity index is 1.38. The second-order valence-corrected chi connectivity index (χ2v) is 11.4. The fraction of sp³-hybridized carbons (Fsp3) is 0.207. The van der Waals surface area contributed by atoms with Crippen molar-refractivity contribution in [2.75, 3.05) is 27.8 Å². The number of rotatable bonds is 12. The van der Waals surface area contributed by atoms with Crippen molar-refractivity contribution >= 4 is 74.2 Å². The van der Waals surface area contributed by atoms with E-state index in [1.54, 1.807) is 51.3 Å². The topological polar surface area (TPSA) is 228 Å². The summed E-state index contributed by atoms with van der Waals surface area (Å²) in [4.78, 5) is 63.4. The van der Waals surface area contributed by atoms with Crippen LogP contribution in [0.5, 0.6) is 0 Å². The van der Waals surface area contributed by atoms with E-state index in [4.69, 9.17) is 11.1 Å². The van der Waals surface area contributed by atoms with E-state index < -0.39 is 29.5 Å². The number of carbonyl (C=O) groups excluding carboxylic acids is 5. The van der Waals surface area contributed by atoms with Crippen LogP contribution in [0.2, 0.25) is 0 Å². The van der Waals surface area contributed by atoms with Gasteiger partial charge in [-0.05, 0) is 34.1 Å². The van der Waals surface area contributed by atoms with Gasteiger partial charge in [0.05, 0.1) is 27.4 Å². The molecule has 0 fully saturated rings. The first-order chi connectivity index (χ1) is 22.1. The number of nitrogens with two attached hydrogens (primary N) is 1. The Labute approximate surface area is 276 Å². The standard InChI is InChI=1S/C29H33BrN12O5/c1-15(30)25(43)34-16-8-19(39(2)12-16)27(45)35-17-9-20(40(3)13-17)28(46)36-18-10-21(41(4)14-18)29(47)37-24-11-22(42(5)38-24)26(44)33-7-6-23(31)32/h8-14H,1,6-7H2,2-5H3,(H3,31,32)(H,33,44)(H,34,43)(H,35,45)(H,36,46)(H,37,38,47). The maximum atomic E-state index is 13.1. The van der Waals surface area contributed by atoms with E-state index in [0.29, 0.717) is 17.1 Å². The Hall–Kier alpha value is -5.91. The molecule has 246 valence electrons. The molecular formula is C29H33BrN12O5. The fourth-order valence-electron chi connectivity index (χ4n) is 4.49. The van der Waals surface area contributed by atoms with E-state index in [-0.39, 0.29) is 51.9 Å². The van der Waals surface area contributed by atoms with Crippen LogP contribution in [0.15, 0.2) is 53.9 Å². The van der Waals surface area contributed by atoms with Crippen LogP contribution in [-0.4, -0.2) is 65.4 Å². The predicted molar refractivity (Wildman–Crippen MR) is 179 cm³/mol. The lowest BCUT2D eigenvalue weighted by Gasteiger charge is -2.03. The second kappa shape index (κ2) is 14.0. The van der Waals surface area contributed by atoms with Gasteiger partial charge >= 0.3 is 0 Å². The lowest BCUT2D eigenvalue weighted by atomic mass is 10.3. The van der Waals surface area contributed by atoms with Crippen molar-refractivity contribution in [3.05, 3.63) is 76.7 Å². The van der Waals surface area contributed by atoms with Crippen molar-refractivity contribution in [3.8, 4) is 0 Å². The van der Waals surface area contributed by atoms with E-state index in [1.807, 2.05) is 0 Å². The SMILES string of the molecule is C=C(Br)C(=O)Nc1cc(C(=O)Nc2cc(C(=O)Nc3cc(C(=O)Nc4cc(C(=O)NCCC(=N)N)n(C)n4)n(C)c3)n(C)c2)n(C)c1. The molecule has 18 heteroatoms. The van der Waals surface area contributed by atoms with Crippen LogP contribution < -0.4 is 32.3 Å². The molecule has 0 spiro atoms. The zero-order valence-electron chi connectivity index (χ0n) is 25.9.